The first-order valence-electron chi connectivity index (χ1n) is 3.75. The molecule has 1 aromatic rings. The van der Waals surface area contributed by atoms with E-state index in [0.717, 1.165) is 10.8 Å². The minimum absolute atomic E-state index is 0.366. The molecule has 0 saturated heterocycles. The molecule has 0 N–H and O–H groups in total. The summed E-state index contributed by atoms with van der Waals surface area (Å²) in [6.07, 6.45) is 1.19. The van der Waals surface area contributed by atoms with Crippen LogP contribution >= 0.6 is 27.5 Å². The molecule has 4 heteroatoms. The Kier molecular flexibility index (Phi) is 4.25. The number of benzene rings is 1. The maximum absolute atomic E-state index is 10.0. The third kappa shape index (κ3) is 3.36. The average molecular weight is 264 g/mol. The highest BCUT2D eigenvalue weighted by Gasteiger charge is 2.00. The van der Waals surface area contributed by atoms with Crippen molar-refractivity contribution in [2.75, 3.05) is 6.61 Å². The first-order valence-corrected chi connectivity index (χ1v) is 4.92. The smallest absolute Gasteiger partial charge is 0.137 e. The molecule has 0 heterocycles. The Morgan fingerprint density at radius 3 is 2.92 bits per heavy atom. The van der Waals surface area contributed by atoms with E-state index >= 15 is 0 Å². The monoisotopic (exact) mass is 262 g/mol. The first-order chi connectivity index (χ1) is 6.24. The van der Waals surface area contributed by atoms with Crippen molar-refractivity contribution in [2.24, 2.45) is 0 Å². The van der Waals surface area contributed by atoms with Crippen molar-refractivity contribution in [1.82, 2.24) is 0 Å². The van der Waals surface area contributed by atoms with Crippen molar-refractivity contribution in [3.63, 3.8) is 0 Å². The van der Waals surface area contributed by atoms with Crippen LogP contribution in [0.5, 0.6) is 5.75 Å². The van der Waals surface area contributed by atoms with Gasteiger partial charge in [-0.1, -0.05) is 27.5 Å². The summed E-state index contributed by atoms with van der Waals surface area (Å²) in [5.41, 5.74) is 0. The fraction of sp³-hybridized carbons (Fsp3) is 0.222. The highest BCUT2D eigenvalue weighted by molar-refractivity contribution is 9.10. The molecule has 0 fully saturated rings. The van der Waals surface area contributed by atoms with E-state index in [-0.39, 0.29) is 0 Å². The second-order valence-electron chi connectivity index (χ2n) is 2.38. The van der Waals surface area contributed by atoms with Gasteiger partial charge in [0.2, 0.25) is 0 Å². The van der Waals surface area contributed by atoms with Gasteiger partial charge in [0.05, 0.1) is 11.6 Å². The molecule has 0 aliphatic heterocycles. The third-order valence-corrected chi connectivity index (χ3v) is 2.18. The summed E-state index contributed by atoms with van der Waals surface area (Å²) in [5, 5.41) is 0.542. The minimum Gasteiger partial charge on any atom is -0.492 e. The zero-order valence-corrected chi connectivity index (χ0v) is 9.14. The van der Waals surface area contributed by atoms with Crippen LogP contribution in [0.1, 0.15) is 6.42 Å². The summed E-state index contributed by atoms with van der Waals surface area (Å²) < 4.78 is 6.15. The molecule has 2 nitrogen and oxygen atoms in total. The molecular formula is C9H8BrClO2. The van der Waals surface area contributed by atoms with E-state index < -0.39 is 0 Å². The molecule has 0 spiro atoms. The van der Waals surface area contributed by atoms with Crippen LogP contribution in [0.3, 0.4) is 0 Å². The Balaban J connectivity index is 2.61. The molecular weight excluding hydrogens is 255 g/mol. The lowest BCUT2D eigenvalue weighted by molar-refractivity contribution is -0.108. The van der Waals surface area contributed by atoms with Gasteiger partial charge in [-0.05, 0) is 18.2 Å². The number of carbonyl (C=O) groups is 1. The lowest BCUT2D eigenvalue weighted by atomic mass is 10.3. The third-order valence-electron chi connectivity index (χ3n) is 1.39. The molecule has 0 aliphatic rings. The van der Waals surface area contributed by atoms with E-state index in [1.54, 1.807) is 12.1 Å². The summed E-state index contributed by atoms with van der Waals surface area (Å²) in [6, 6.07) is 5.34. The van der Waals surface area contributed by atoms with Crippen molar-refractivity contribution in [2.45, 2.75) is 6.42 Å². The maximum Gasteiger partial charge on any atom is 0.137 e. The van der Waals surface area contributed by atoms with E-state index in [9.17, 15) is 4.79 Å². The molecule has 0 atom stereocenters. The first kappa shape index (κ1) is 10.5. The van der Waals surface area contributed by atoms with Crippen LogP contribution in [0.2, 0.25) is 5.02 Å². The quantitative estimate of drug-likeness (QED) is 0.616. The lowest BCUT2D eigenvalue weighted by Gasteiger charge is -2.05. The van der Waals surface area contributed by atoms with E-state index in [4.69, 9.17) is 16.3 Å². The number of aldehydes is 1. The van der Waals surface area contributed by atoms with Crippen LogP contribution in [-0.4, -0.2) is 12.9 Å². The Labute approximate surface area is 90.0 Å². The number of halogens is 2. The summed E-state index contributed by atoms with van der Waals surface area (Å²) in [6.45, 7) is 0.366. The summed E-state index contributed by atoms with van der Waals surface area (Å²) in [4.78, 5) is 10.0. The Morgan fingerprint density at radius 1 is 1.54 bits per heavy atom. The molecule has 0 saturated carbocycles. The normalized spacial score (nSPS) is 9.69. The number of hydrogen-bond donors (Lipinski definition) is 0. The lowest BCUT2D eigenvalue weighted by Crippen LogP contribution is -1.97. The van der Waals surface area contributed by atoms with Gasteiger partial charge in [-0.3, -0.25) is 0 Å². The number of rotatable bonds is 4. The molecule has 0 aromatic heterocycles. The number of ether oxygens (including phenoxy) is 1. The predicted octanol–water partition coefficient (Wildman–Crippen LogP) is 3.07. The molecule has 0 unspecified atom stereocenters. The topological polar surface area (TPSA) is 26.3 Å². The van der Waals surface area contributed by atoms with E-state index in [1.807, 2.05) is 6.07 Å². The zero-order chi connectivity index (χ0) is 9.68. The van der Waals surface area contributed by atoms with E-state index in [2.05, 4.69) is 15.9 Å². The van der Waals surface area contributed by atoms with Gasteiger partial charge < -0.3 is 9.53 Å². The molecule has 0 aliphatic carbocycles. The van der Waals surface area contributed by atoms with Gasteiger partial charge in [-0.2, -0.15) is 0 Å². The fourth-order valence-electron chi connectivity index (χ4n) is 0.809. The van der Waals surface area contributed by atoms with E-state index in [1.165, 1.54) is 0 Å². The molecule has 0 amide bonds. The molecule has 1 aromatic carbocycles. The van der Waals surface area contributed by atoms with Gasteiger partial charge in [0.25, 0.3) is 0 Å². The van der Waals surface area contributed by atoms with Gasteiger partial charge in [0.1, 0.15) is 12.0 Å². The highest BCUT2D eigenvalue weighted by Crippen LogP contribution is 2.27. The van der Waals surface area contributed by atoms with Gasteiger partial charge in [0.15, 0.2) is 0 Å². The Hall–Kier alpha value is -0.540. The van der Waals surface area contributed by atoms with Gasteiger partial charge >= 0.3 is 0 Å². The molecule has 0 radical (unpaired) electrons. The molecule has 0 bridgehead atoms. The van der Waals surface area contributed by atoms with Crippen LogP contribution in [0, 0.1) is 0 Å². The summed E-state index contributed by atoms with van der Waals surface area (Å²) in [7, 11) is 0. The second kappa shape index (κ2) is 5.25. The fourth-order valence-corrected chi connectivity index (χ4v) is 1.54. The van der Waals surface area contributed by atoms with Crippen molar-refractivity contribution < 1.29 is 9.53 Å². The van der Waals surface area contributed by atoms with Crippen molar-refractivity contribution in [1.29, 1.82) is 0 Å². The van der Waals surface area contributed by atoms with Gasteiger partial charge in [-0.15, -0.1) is 0 Å². The largest absolute Gasteiger partial charge is 0.492 e. The van der Waals surface area contributed by atoms with Crippen molar-refractivity contribution >= 4 is 33.8 Å². The number of hydrogen-bond acceptors (Lipinski definition) is 2. The van der Waals surface area contributed by atoms with Crippen molar-refractivity contribution in [3.05, 3.63) is 27.7 Å². The average Bonchev–Trinajstić information content (AvgIpc) is 2.09. The highest BCUT2D eigenvalue weighted by atomic mass is 79.9. The van der Waals surface area contributed by atoms with Gasteiger partial charge in [0, 0.05) is 10.9 Å². The maximum atomic E-state index is 10.0. The number of carbonyl (C=O) groups excluding carboxylic acids is 1. The molecule has 13 heavy (non-hydrogen) atoms. The summed E-state index contributed by atoms with van der Waals surface area (Å²) in [5.74, 6) is 0.603. The second-order valence-corrected chi connectivity index (χ2v) is 3.70. The van der Waals surface area contributed by atoms with Crippen LogP contribution < -0.4 is 4.74 Å². The van der Waals surface area contributed by atoms with Crippen LogP contribution in [-0.2, 0) is 4.79 Å². The summed E-state index contributed by atoms with van der Waals surface area (Å²) >= 11 is 9.15. The Bertz CT molecular complexity index is 302. The molecule has 70 valence electrons. The predicted molar refractivity (Wildman–Crippen MR) is 55.3 cm³/mol. The molecule has 1 rings (SSSR count). The Morgan fingerprint density at radius 2 is 2.31 bits per heavy atom. The van der Waals surface area contributed by atoms with Crippen LogP contribution in [0.25, 0.3) is 0 Å². The standard InChI is InChI=1S/C9H8BrClO2/c10-7-2-3-9(8(11)6-7)13-5-1-4-12/h2-4,6H,1,5H2. The van der Waals surface area contributed by atoms with E-state index in [0.29, 0.717) is 23.8 Å². The van der Waals surface area contributed by atoms with Crippen LogP contribution in [0.15, 0.2) is 22.7 Å². The van der Waals surface area contributed by atoms with Crippen molar-refractivity contribution in [3.8, 4) is 5.75 Å². The minimum atomic E-state index is 0.366. The zero-order valence-electron chi connectivity index (χ0n) is 6.80. The van der Waals surface area contributed by atoms with Crippen LogP contribution in [0.4, 0.5) is 0 Å². The SMILES string of the molecule is O=CCCOc1ccc(Br)cc1Cl. The van der Waals surface area contributed by atoms with Gasteiger partial charge in [-0.25, -0.2) is 0 Å².